The molecule has 0 saturated carbocycles. The summed E-state index contributed by atoms with van der Waals surface area (Å²) in [5.41, 5.74) is 1.18. The maximum absolute atomic E-state index is 13.2. The molecule has 1 fully saturated rings. The van der Waals surface area contributed by atoms with Gasteiger partial charge in [-0.1, -0.05) is 23.7 Å². The number of benzene rings is 2. The lowest BCUT2D eigenvalue weighted by Gasteiger charge is -2.28. The number of nitrogens with zero attached hydrogens (tertiary/aromatic N) is 1. The van der Waals surface area contributed by atoms with E-state index in [4.69, 9.17) is 16.3 Å². The second-order valence-electron chi connectivity index (χ2n) is 5.72. The zero-order valence-electron chi connectivity index (χ0n) is 14.0. The van der Waals surface area contributed by atoms with Crippen molar-refractivity contribution in [2.75, 3.05) is 12.4 Å². The smallest absolute Gasteiger partial charge is 0.329 e. The standard InChI is InChI=1S/C19H17ClFNO3S/c1-2-25-19(24)16-11-26-18(13-3-7-14(20)8-4-13)22(16)17(23)12-5-9-15(21)10-6-12/h3-10,16,18H,2,11H2,1H3. The third-order valence-electron chi connectivity index (χ3n) is 4.04. The Bertz CT molecular complexity index is 797. The Morgan fingerprint density at radius 2 is 1.85 bits per heavy atom. The molecule has 0 spiro atoms. The highest BCUT2D eigenvalue weighted by Gasteiger charge is 2.43. The van der Waals surface area contributed by atoms with E-state index in [9.17, 15) is 14.0 Å². The van der Waals surface area contributed by atoms with Crippen molar-refractivity contribution in [1.29, 1.82) is 0 Å². The van der Waals surface area contributed by atoms with E-state index in [1.807, 2.05) is 12.1 Å². The topological polar surface area (TPSA) is 46.6 Å². The SMILES string of the molecule is CCOC(=O)C1CSC(c2ccc(Cl)cc2)N1C(=O)c1ccc(F)cc1. The van der Waals surface area contributed by atoms with Gasteiger partial charge in [-0.15, -0.1) is 11.8 Å². The van der Waals surface area contributed by atoms with Crippen LogP contribution >= 0.6 is 23.4 Å². The lowest BCUT2D eigenvalue weighted by molar-refractivity contribution is -0.147. The van der Waals surface area contributed by atoms with Crippen molar-refractivity contribution in [1.82, 2.24) is 4.90 Å². The summed E-state index contributed by atoms with van der Waals surface area (Å²) < 4.78 is 18.3. The first-order valence-corrected chi connectivity index (χ1v) is 9.56. The van der Waals surface area contributed by atoms with Crippen LogP contribution in [0, 0.1) is 5.82 Å². The maximum Gasteiger partial charge on any atom is 0.329 e. The van der Waals surface area contributed by atoms with Gasteiger partial charge in [0.25, 0.3) is 5.91 Å². The minimum absolute atomic E-state index is 0.240. The first kappa shape index (κ1) is 18.7. The summed E-state index contributed by atoms with van der Waals surface area (Å²) in [5.74, 6) is -0.771. The highest BCUT2D eigenvalue weighted by molar-refractivity contribution is 7.99. The van der Waals surface area contributed by atoms with Crippen molar-refractivity contribution < 1.29 is 18.7 Å². The molecule has 1 saturated heterocycles. The van der Waals surface area contributed by atoms with Crippen LogP contribution in [0.25, 0.3) is 0 Å². The van der Waals surface area contributed by atoms with E-state index in [-0.39, 0.29) is 17.9 Å². The van der Waals surface area contributed by atoms with Gasteiger partial charge in [0.05, 0.1) is 6.61 Å². The third kappa shape index (κ3) is 3.86. The molecule has 7 heteroatoms. The Labute approximate surface area is 160 Å². The second kappa shape index (κ2) is 8.10. The predicted molar refractivity (Wildman–Crippen MR) is 99.6 cm³/mol. The Morgan fingerprint density at radius 3 is 2.46 bits per heavy atom. The van der Waals surface area contributed by atoms with E-state index >= 15 is 0 Å². The number of halogens is 2. The summed E-state index contributed by atoms with van der Waals surface area (Å²) in [7, 11) is 0. The molecule has 26 heavy (non-hydrogen) atoms. The number of esters is 1. The van der Waals surface area contributed by atoms with Gasteiger partial charge in [-0.25, -0.2) is 9.18 Å². The fourth-order valence-electron chi connectivity index (χ4n) is 2.80. The average molecular weight is 394 g/mol. The Balaban J connectivity index is 1.96. The molecule has 2 aromatic rings. The molecule has 0 bridgehead atoms. The lowest BCUT2D eigenvalue weighted by Crippen LogP contribution is -2.43. The maximum atomic E-state index is 13.2. The van der Waals surface area contributed by atoms with Gasteiger partial charge in [-0.2, -0.15) is 0 Å². The van der Waals surface area contributed by atoms with Crippen LogP contribution in [0.4, 0.5) is 4.39 Å². The average Bonchev–Trinajstić information content (AvgIpc) is 3.07. The summed E-state index contributed by atoms with van der Waals surface area (Å²) >= 11 is 7.44. The number of hydrogen-bond donors (Lipinski definition) is 0. The van der Waals surface area contributed by atoms with E-state index in [2.05, 4.69) is 0 Å². The van der Waals surface area contributed by atoms with E-state index in [1.165, 1.54) is 40.9 Å². The molecule has 0 N–H and O–H groups in total. The highest BCUT2D eigenvalue weighted by Crippen LogP contribution is 2.42. The summed E-state index contributed by atoms with van der Waals surface area (Å²) in [5, 5.41) is 0.245. The van der Waals surface area contributed by atoms with Gasteiger partial charge in [-0.05, 0) is 48.9 Å². The molecular formula is C19H17ClFNO3S. The van der Waals surface area contributed by atoms with Crippen LogP contribution in [0.5, 0.6) is 0 Å². The van der Waals surface area contributed by atoms with Crippen molar-refractivity contribution in [2.24, 2.45) is 0 Å². The fraction of sp³-hybridized carbons (Fsp3) is 0.263. The molecule has 1 amide bonds. The summed E-state index contributed by atoms with van der Waals surface area (Å²) in [6.45, 7) is 1.97. The molecule has 136 valence electrons. The van der Waals surface area contributed by atoms with Gasteiger partial charge < -0.3 is 9.64 Å². The van der Waals surface area contributed by atoms with Crippen molar-refractivity contribution in [2.45, 2.75) is 18.3 Å². The summed E-state index contributed by atoms with van der Waals surface area (Å²) in [6, 6.07) is 11.8. The van der Waals surface area contributed by atoms with Gasteiger partial charge in [0.2, 0.25) is 0 Å². The molecule has 1 heterocycles. The fourth-order valence-corrected chi connectivity index (χ4v) is 4.34. The number of rotatable bonds is 4. The largest absolute Gasteiger partial charge is 0.464 e. The molecule has 2 atom stereocenters. The van der Waals surface area contributed by atoms with Crippen molar-refractivity contribution >= 4 is 35.2 Å². The van der Waals surface area contributed by atoms with E-state index in [0.29, 0.717) is 16.3 Å². The zero-order valence-corrected chi connectivity index (χ0v) is 15.6. The van der Waals surface area contributed by atoms with E-state index in [1.54, 1.807) is 19.1 Å². The summed E-state index contributed by atoms with van der Waals surface area (Å²) in [4.78, 5) is 27.0. The van der Waals surface area contributed by atoms with E-state index in [0.717, 1.165) is 5.56 Å². The number of ether oxygens (including phenoxy) is 1. The molecule has 1 aliphatic rings. The Hall–Kier alpha value is -2.05. The molecule has 0 radical (unpaired) electrons. The van der Waals surface area contributed by atoms with Crippen LogP contribution in [-0.4, -0.2) is 35.2 Å². The minimum Gasteiger partial charge on any atom is -0.464 e. The van der Waals surface area contributed by atoms with Gasteiger partial charge in [-0.3, -0.25) is 4.79 Å². The van der Waals surface area contributed by atoms with Crippen molar-refractivity contribution in [3.05, 3.63) is 70.5 Å². The van der Waals surface area contributed by atoms with Crippen molar-refractivity contribution in [3.63, 3.8) is 0 Å². The number of amides is 1. The zero-order chi connectivity index (χ0) is 18.7. The molecule has 0 aromatic heterocycles. The van der Waals surface area contributed by atoms with Crippen molar-refractivity contribution in [3.8, 4) is 0 Å². The normalized spacial score (nSPS) is 19.4. The van der Waals surface area contributed by atoms with Gasteiger partial charge in [0, 0.05) is 16.3 Å². The molecule has 2 unspecified atom stereocenters. The number of carbonyl (C=O) groups is 2. The molecule has 2 aromatic carbocycles. The summed E-state index contributed by atoms with van der Waals surface area (Å²) in [6.07, 6.45) is 0. The Morgan fingerprint density at radius 1 is 1.19 bits per heavy atom. The van der Waals surface area contributed by atoms with Crippen LogP contribution in [0.3, 0.4) is 0 Å². The van der Waals surface area contributed by atoms with Crippen LogP contribution in [0.15, 0.2) is 48.5 Å². The predicted octanol–water partition coefficient (Wildman–Crippen LogP) is 4.30. The van der Waals surface area contributed by atoms with Gasteiger partial charge in [0.15, 0.2) is 0 Å². The van der Waals surface area contributed by atoms with Crippen LogP contribution in [0.2, 0.25) is 5.02 Å². The number of thioether (sulfide) groups is 1. The third-order valence-corrected chi connectivity index (χ3v) is 5.62. The molecule has 4 nitrogen and oxygen atoms in total. The van der Waals surface area contributed by atoms with Crippen LogP contribution in [0.1, 0.15) is 28.2 Å². The highest BCUT2D eigenvalue weighted by atomic mass is 35.5. The Kier molecular flexibility index (Phi) is 5.84. The molecule has 3 rings (SSSR count). The lowest BCUT2D eigenvalue weighted by atomic mass is 10.1. The second-order valence-corrected chi connectivity index (χ2v) is 7.27. The van der Waals surface area contributed by atoms with Crippen LogP contribution < -0.4 is 0 Å². The van der Waals surface area contributed by atoms with Gasteiger partial charge >= 0.3 is 5.97 Å². The van der Waals surface area contributed by atoms with Gasteiger partial charge in [0.1, 0.15) is 17.2 Å². The minimum atomic E-state index is -0.696. The van der Waals surface area contributed by atoms with Crippen LogP contribution in [-0.2, 0) is 9.53 Å². The molecule has 0 aliphatic carbocycles. The monoisotopic (exact) mass is 393 g/mol. The number of carbonyl (C=O) groups excluding carboxylic acids is 2. The molecular weight excluding hydrogens is 377 g/mol. The number of hydrogen-bond acceptors (Lipinski definition) is 4. The quantitative estimate of drug-likeness (QED) is 0.726. The first-order chi connectivity index (χ1) is 12.5. The molecule has 1 aliphatic heterocycles. The first-order valence-electron chi connectivity index (χ1n) is 8.13. The van der Waals surface area contributed by atoms with E-state index < -0.39 is 17.8 Å².